The van der Waals surface area contributed by atoms with E-state index in [1.165, 1.54) is 0 Å². The first-order valence-electron chi connectivity index (χ1n) is 2.79. The molecule has 5 heteroatoms. The van der Waals surface area contributed by atoms with Crippen LogP contribution in [-0.2, 0) is 13.6 Å². The van der Waals surface area contributed by atoms with Crippen LogP contribution < -0.4 is 5.32 Å². The molecule has 1 N–H and O–H groups in total. The van der Waals surface area contributed by atoms with Gasteiger partial charge in [0.25, 0.3) is 0 Å². The van der Waals surface area contributed by atoms with Gasteiger partial charge in [0.2, 0.25) is 0 Å². The summed E-state index contributed by atoms with van der Waals surface area (Å²) in [5.41, 5.74) is 0. The maximum atomic E-state index is 8.11. The van der Waals surface area contributed by atoms with Gasteiger partial charge in [0.1, 0.15) is 6.33 Å². The zero-order valence-corrected chi connectivity index (χ0v) is 5.57. The molecule has 10 heavy (non-hydrogen) atoms. The molecule has 0 saturated heterocycles. The van der Waals surface area contributed by atoms with Gasteiger partial charge in [-0.3, -0.25) is 4.68 Å². The van der Waals surface area contributed by atoms with Crippen molar-refractivity contribution in [2.75, 3.05) is 0 Å². The summed E-state index contributed by atoms with van der Waals surface area (Å²) in [5, 5.41) is 14.5. The second-order valence-electron chi connectivity index (χ2n) is 1.80. The number of hydrogen-bond acceptors (Lipinski definition) is 4. The van der Waals surface area contributed by atoms with Crippen LogP contribution in [0.2, 0.25) is 0 Å². The van der Waals surface area contributed by atoms with E-state index < -0.39 is 0 Å². The summed E-state index contributed by atoms with van der Waals surface area (Å²) in [4.78, 5) is 3.89. The highest BCUT2D eigenvalue weighted by Gasteiger charge is 1.94. The van der Waals surface area contributed by atoms with Crippen LogP contribution in [0.1, 0.15) is 5.82 Å². The molecule has 0 atom stereocenters. The summed E-state index contributed by atoms with van der Waals surface area (Å²) in [7, 11) is 1.78. The minimum atomic E-state index is 0.400. The van der Waals surface area contributed by atoms with Crippen molar-refractivity contribution in [3.05, 3.63) is 12.2 Å². The fourth-order valence-corrected chi connectivity index (χ4v) is 0.584. The first-order chi connectivity index (χ1) is 4.83. The Balaban J connectivity index is 2.52. The molecule has 1 aromatic rings. The predicted octanol–water partition coefficient (Wildman–Crippen LogP) is -0.614. The number of nitrogens with zero attached hydrogens (tertiary/aromatic N) is 4. The lowest BCUT2D eigenvalue weighted by Gasteiger charge is -1.87. The standard InChI is InChI=1S/C5H7N5/c1-10-4-8-5(9-10)2-7-3-6/h4,7H,2H2,1H3. The van der Waals surface area contributed by atoms with Crippen LogP contribution in [0.4, 0.5) is 0 Å². The van der Waals surface area contributed by atoms with Crippen LogP contribution in [0.3, 0.4) is 0 Å². The molecule has 1 heterocycles. The van der Waals surface area contributed by atoms with E-state index in [0.29, 0.717) is 12.4 Å². The molecule has 1 aromatic heterocycles. The van der Waals surface area contributed by atoms with Crippen molar-refractivity contribution >= 4 is 0 Å². The SMILES string of the molecule is Cn1cnc(CNC#N)n1. The quantitative estimate of drug-likeness (QED) is 0.436. The van der Waals surface area contributed by atoms with E-state index in [1.807, 2.05) is 0 Å². The lowest BCUT2D eigenvalue weighted by molar-refractivity contribution is 0.725. The van der Waals surface area contributed by atoms with E-state index in [9.17, 15) is 0 Å². The molecule has 0 spiro atoms. The zero-order valence-electron chi connectivity index (χ0n) is 5.57. The molecule has 0 aliphatic heterocycles. The molecule has 0 saturated carbocycles. The predicted molar refractivity (Wildman–Crippen MR) is 33.5 cm³/mol. The maximum absolute atomic E-state index is 8.11. The summed E-state index contributed by atoms with van der Waals surface area (Å²) in [6.07, 6.45) is 3.38. The molecule has 0 aliphatic carbocycles. The first kappa shape index (κ1) is 6.55. The van der Waals surface area contributed by atoms with Gasteiger partial charge < -0.3 is 5.32 Å². The molecule has 0 aromatic carbocycles. The average Bonchev–Trinajstić information content (AvgIpc) is 2.31. The van der Waals surface area contributed by atoms with Crippen molar-refractivity contribution in [3.8, 4) is 6.19 Å². The largest absolute Gasteiger partial charge is 0.316 e. The van der Waals surface area contributed by atoms with Crippen LogP contribution in [0.25, 0.3) is 0 Å². The lowest BCUT2D eigenvalue weighted by atomic mass is 10.6. The van der Waals surface area contributed by atoms with Gasteiger partial charge in [0.05, 0.1) is 6.54 Å². The maximum Gasteiger partial charge on any atom is 0.176 e. The molecule has 0 aliphatic rings. The monoisotopic (exact) mass is 137 g/mol. The Hall–Kier alpha value is -1.57. The Morgan fingerprint density at radius 2 is 2.70 bits per heavy atom. The summed E-state index contributed by atoms with van der Waals surface area (Å²) in [6, 6.07) is 0. The van der Waals surface area contributed by atoms with Crippen LogP contribution >= 0.6 is 0 Å². The van der Waals surface area contributed by atoms with Gasteiger partial charge in [0, 0.05) is 7.05 Å². The van der Waals surface area contributed by atoms with Gasteiger partial charge in [-0.1, -0.05) is 0 Å². The minimum Gasteiger partial charge on any atom is -0.316 e. The van der Waals surface area contributed by atoms with E-state index in [0.717, 1.165) is 0 Å². The van der Waals surface area contributed by atoms with Crippen molar-refractivity contribution in [3.63, 3.8) is 0 Å². The zero-order chi connectivity index (χ0) is 7.40. The highest BCUT2D eigenvalue weighted by atomic mass is 15.3. The molecular weight excluding hydrogens is 130 g/mol. The Morgan fingerprint density at radius 1 is 1.90 bits per heavy atom. The molecule has 0 bridgehead atoms. The second-order valence-corrected chi connectivity index (χ2v) is 1.80. The third kappa shape index (κ3) is 1.45. The van der Waals surface area contributed by atoms with Crippen LogP contribution in [-0.4, -0.2) is 14.8 Å². The highest BCUT2D eigenvalue weighted by Crippen LogP contribution is 1.84. The fourth-order valence-electron chi connectivity index (χ4n) is 0.584. The van der Waals surface area contributed by atoms with Gasteiger partial charge in [-0.05, 0) is 0 Å². The van der Waals surface area contributed by atoms with Gasteiger partial charge in [-0.25, -0.2) is 4.98 Å². The first-order valence-corrected chi connectivity index (χ1v) is 2.79. The van der Waals surface area contributed by atoms with E-state index in [2.05, 4.69) is 15.4 Å². The molecule has 0 unspecified atom stereocenters. The Morgan fingerprint density at radius 3 is 3.20 bits per heavy atom. The second kappa shape index (κ2) is 2.82. The number of aromatic nitrogens is 3. The average molecular weight is 137 g/mol. The number of hydrogen-bond donors (Lipinski definition) is 1. The summed E-state index contributed by atoms with van der Waals surface area (Å²) in [5.74, 6) is 0.629. The van der Waals surface area contributed by atoms with Crippen molar-refractivity contribution < 1.29 is 0 Å². The Labute approximate surface area is 58.3 Å². The lowest BCUT2D eigenvalue weighted by Crippen LogP contribution is -2.06. The fraction of sp³-hybridized carbons (Fsp3) is 0.400. The summed E-state index contributed by atoms with van der Waals surface area (Å²) >= 11 is 0. The topological polar surface area (TPSA) is 66.5 Å². The van der Waals surface area contributed by atoms with E-state index in [1.54, 1.807) is 24.2 Å². The van der Waals surface area contributed by atoms with Crippen LogP contribution in [0.15, 0.2) is 6.33 Å². The highest BCUT2D eigenvalue weighted by molar-refractivity contribution is 4.82. The third-order valence-corrected chi connectivity index (χ3v) is 0.973. The van der Waals surface area contributed by atoms with Gasteiger partial charge >= 0.3 is 0 Å². The Bertz CT molecular complexity index is 245. The Kier molecular flexibility index (Phi) is 1.85. The van der Waals surface area contributed by atoms with Crippen molar-refractivity contribution in [1.82, 2.24) is 20.1 Å². The van der Waals surface area contributed by atoms with E-state index >= 15 is 0 Å². The van der Waals surface area contributed by atoms with Crippen molar-refractivity contribution in [1.29, 1.82) is 5.26 Å². The van der Waals surface area contributed by atoms with Crippen LogP contribution in [0.5, 0.6) is 0 Å². The molecule has 52 valence electrons. The van der Waals surface area contributed by atoms with Crippen LogP contribution in [0, 0.1) is 11.5 Å². The van der Waals surface area contributed by atoms with Crippen molar-refractivity contribution in [2.45, 2.75) is 6.54 Å². The molecule has 5 nitrogen and oxygen atoms in total. The number of nitriles is 1. The molecule has 0 radical (unpaired) electrons. The normalized spacial score (nSPS) is 8.80. The molecular formula is C5H7N5. The smallest absolute Gasteiger partial charge is 0.176 e. The molecule has 0 fully saturated rings. The van der Waals surface area contributed by atoms with E-state index in [4.69, 9.17) is 5.26 Å². The summed E-state index contributed by atoms with van der Waals surface area (Å²) in [6.45, 7) is 0.400. The van der Waals surface area contributed by atoms with Gasteiger partial charge in [-0.2, -0.15) is 10.4 Å². The number of nitrogens with one attached hydrogen (secondary N) is 1. The molecule has 1 rings (SSSR count). The van der Waals surface area contributed by atoms with Gasteiger partial charge in [0.15, 0.2) is 12.0 Å². The van der Waals surface area contributed by atoms with Gasteiger partial charge in [-0.15, -0.1) is 0 Å². The molecule has 0 amide bonds. The third-order valence-electron chi connectivity index (χ3n) is 0.973. The van der Waals surface area contributed by atoms with E-state index in [-0.39, 0.29) is 0 Å². The van der Waals surface area contributed by atoms with Crippen molar-refractivity contribution in [2.24, 2.45) is 7.05 Å². The number of rotatable bonds is 2. The number of aryl methyl sites for hydroxylation is 1. The minimum absolute atomic E-state index is 0.400. The summed E-state index contributed by atoms with van der Waals surface area (Å²) < 4.78 is 1.59.